The fraction of sp³-hybridized carbons (Fsp3) is 0.0678. The van der Waals surface area contributed by atoms with Gasteiger partial charge in [0.05, 0.1) is 46.1 Å². The van der Waals surface area contributed by atoms with E-state index < -0.39 is 0 Å². The third kappa shape index (κ3) is 26.8. The van der Waals surface area contributed by atoms with Crippen molar-refractivity contribution in [2.75, 3.05) is 0 Å². The molecule has 0 amide bonds. The lowest BCUT2D eigenvalue weighted by Gasteiger charge is -2.13. The molecule has 0 bridgehead atoms. The van der Waals surface area contributed by atoms with Gasteiger partial charge in [0.1, 0.15) is 12.2 Å². The molecule has 652 valence electrons. The first-order chi connectivity index (χ1) is 65.8. The minimum absolute atomic E-state index is 0.754. The van der Waals surface area contributed by atoms with Crippen LogP contribution in [-0.2, 0) is 0 Å². The molecule has 16 heteroatoms. The summed E-state index contributed by atoms with van der Waals surface area (Å²) in [5.74, 6) is 4.68. The molecular weight excluding hydrogens is 1640 g/mol. The van der Waals surface area contributed by atoms with Gasteiger partial charge in [-0.25, -0.2) is 74.8 Å². The molecule has 0 aliphatic heterocycles. The number of hydrogen-bond donors (Lipinski definition) is 0. The molecule has 134 heavy (non-hydrogen) atoms. The predicted molar refractivity (Wildman–Crippen MR) is 545 cm³/mol. The van der Waals surface area contributed by atoms with Crippen LogP contribution in [0.1, 0.15) is 45.2 Å². The first kappa shape index (κ1) is 92.7. The molecule has 8 heterocycles. The molecule has 21 aromatic rings. The lowest BCUT2D eigenvalue weighted by Crippen LogP contribution is -2.00. The Labute approximate surface area is 784 Å². The minimum atomic E-state index is 0.754. The van der Waals surface area contributed by atoms with Gasteiger partial charge in [0.25, 0.3) is 0 Å². The summed E-state index contributed by atoms with van der Waals surface area (Å²) in [6.07, 6.45) is 18.2. The van der Waals surface area contributed by atoms with Crippen molar-refractivity contribution in [1.29, 1.82) is 0 Å². The van der Waals surface area contributed by atoms with Crippen LogP contribution in [0.3, 0.4) is 0 Å². The zero-order valence-corrected chi connectivity index (χ0v) is 76.0. The Kier molecular flexibility index (Phi) is 33.6. The highest BCUT2D eigenvalue weighted by atomic mass is 14.9. The van der Waals surface area contributed by atoms with Gasteiger partial charge in [-0.15, -0.1) is 0 Å². The van der Waals surface area contributed by atoms with Gasteiger partial charge in [-0.2, -0.15) is 0 Å². The summed E-state index contributed by atoms with van der Waals surface area (Å²) >= 11 is 0. The van der Waals surface area contributed by atoms with E-state index in [0.717, 1.165) is 192 Å². The molecule has 0 N–H and O–H groups in total. The fourth-order valence-electron chi connectivity index (χ4n) is 14.0. The van der Waals surface area contributed by atoms with E-state index in [1.807, 2.05) is 426 Å². The molecule has 0 aliphatic carbocycles. The summed E-state index contributed by atoms with van der Waals surface area (Å²) in [6, 6.07) is 134. The van der Waals surface area contributed by atoms with Gasteiger partial charge in [-0.3, -0.25) is 4.98 Å². The van der Waals surface area contributed by atoms with Crippen molar-refractivity contribution < 1.29 is 0 Å². The summed E-state index contributed by atoms with van der Waals surface area (Å²) < 4.78 is 0. The Balaban J connectivity index is 0.000000124. The van der Waals surface area contributed by atoms with Crippen LogP contribution in [-0.4, -0.2) is 79.7 Å². The van der Waals surface area contributed by atoms with Crippen molar-refractivity contribution in [1.82, 2.24) is 79.7 Å². The molecular formula is C118H100N16. The van der Waals surface area contributed by atoms with E-state index in [0.29, 0.717) is 0 Å². The lowest BCUT2D eigenvalue weighted by molar-refractivity contribution is 1.06. The van der Waals surface area contributed by atoms with Gasteiger partial charge in [0.2, 0.25) is 0 Å². The number of nitrogens with zero attached hydrogens (tertiary/aromatic N) is 16. The summed E-state index contributed by atoms with van der Waals surface area (Å²) in [5.41, 5.74) is 29.5. The number of hydrogen-bond acceptors (Lipinski definition) is 16. The maximum Gasteiger partial charge on any atom is 0.160 e. The van der Waals surface area contributed by atoms with E-state index in [4.69, 9.17) is 15.0 Å². The molecule has 16 nitrogen and oxygen atoms in total. The van der Waals surface area contributed by atoms with Crippen LogP contribution in [0.5, 0.6) is 0 Å². The summed E-state index contributed by atoms with van der Waals surface area (Å²) in [7, 11) is 0. The van der Waals surface area contributed by atoms with E-state index in [9.17, 15) is 0 Å². The monoisotopic (exact) mass is 1740 g/mol. The Hall–Kier alpha value is -17.5. The Morgan fingerprint density at radius 1 is 0.179 bits per heavy atom. The molecule has 13 aromatic carbocycles. The van der Waals surface area contributed by atoms with Crippen LogP contribution in [0.15, 0.2) is 462 Å². The number of rotatable bonds is 13. The largest absolute Gasteiger partial charge is 0.252 e. The summed E-state index contributed by atoms with van der Waals surface area (Å²) in [5, 5.41) is 0. The zero-order chi connectivity index (χ0) is 92.7. The topological polar surface area (TPSA) is 206 Å². The normalized spacial score (nSPS) is 10.2. The molecule has 0 aliphatic rings. The van der Waals surface area contributed by atoms with Crippen molar-refractivity contribution in [2.45, 2.75) is 55.4 Å². The van der Waals surface area contributed by atoms with Crippen molar-refractivity contribution in [3.05, 3.63) is 508 Å². The molecule has 8 aromatic heterocycles. The SMILES string of the molecule is Cc1c(-c2ccccc2)nc(-c2ccccc2)nc1-c1ccccc1.Cc1ccnc(-c2ccccc2)n1.Cc1cnc(-c2ccccc2)nc1.Cc1cnc(-c2ccccc2)nc1-c1ccccc1.Cc1cncnc1-c1ccccc1.Cc1nc(-c2ccccc2)cnc1-c1ccccc1.Cc1nc(-c2ccccc2)ncc1-c1ccccc1.Cc1ncc(-c2ccccc2)cn1. The van der Waals surface area contributed by atoms with Crippen LogP contribution in [0.2, 0.25) is 0 Å². The molecule has 0 unspecified atom stereocenters. The number of aromatic nitrogens is 16. The quantitative estimate of drug-likeness (QED) is 0.105. The third-order valence-electron chi connectivity index (χ3n) is 21.0. The predicted octanol–water partition coefficient (Wildman–Crippen LogP) is 28.0. The minimum Gasteiger partial charge on any atom is -0.252 e. The van der Waals surface area contributed by atoms with Crippen molar-refractivity contribution in [2.24, 2.45) is 0 Å². The molecule has 0 fully saturated rings. The highest BCUT2D eigenvalue weighted by molar-refractivity contribution is 5.77. The van der Waals surface area contributed by atoms with E-state index in [-0.39, 0.29) is 0 Å². The van der Waals surface area contributed by atoms with Gasteiger partial charge in [-0.05, 0) is 89.3 Å². The standard InChI is InChI=1S/C23H18N2.3C17H14N2.4C11H10N2/c1-17-21(18-11-5-2-6-12-18)24-23(20-15-9-4-10-16-20)25-22(17)19-13-7-3-8-14-19;1-13-17(15-10-6-3-7-11-15)18-12-16(19-13)14-8-4-2-5-9-14;1-13-16(14-8-4-2-5-9-14)12-18-17(19-13)15-10-6-3-7-11-15;1-13-12-18-17(15-10-6-3-7-11-15)19-16(13)14-8-4-2-5-9-14;1-9-12-7-11(8-13-9)10-5-3-2-4-6-10;1-9-7-12-8-13-11(9)10-5-3-2-4-6-10;1-9-7-12-11(13-8-9)10-5-3-2-4-6-10;1-9-7-8-12-11(13-9)10-5-3-2-4-6-10/h2-16H,1H3;3*2-12H,1H3;4*2-8H,1H3. The van der Waals surface area contributed by atoms with Crippen molar-refractivity contribution in [3.8, 4) is 147 Å². The van der Waals surface area contributed by atoms with Gasteiger partial charge >= 0.3 is 0 Å². The second-order valence-corrected chi connectivity index (χ2v) is 30.9. The Morgan fingerprint density at radius 3 is 0.918 bits per heavy atom. The lowest BCUT2D eigenvalue weighted by atomic mass is 10.0. The second-order valence-electron chi connectivity index (χ2n) is 30.9. The van der Waals surface area contributed by atoms with Crippen molar-refractivity contribution in [3.63, 3.8) is 0 Å². The van der Waals surface area contributed by atoms with Gasteiger partial charge < -0.3 is 0 Å². The fourth-order valence-corrected chi connectivity index (χ4v) is 14.0. The molecule has 0 radical (unpaired) electrons. The molecule has 0 saturated carbocycles. The van der Waals surface area contributed by atoms with Crippen molar-refractivity contribution >= 4 is 0 Å². The highest BCUT2D eigenvalue weighted by Gasteiger charge is 2.17. The van der Waals surface area contributed by atoms with E-state index in [1.165, 1.54) is 0 Å². The van der Waals surface area contributed by atoms with Gasteiger partial charge in [0, 0.05) is 139 Å². The van der Waals surface area contributed by atoms with Gasteiger partial charge in [0.15, 0.2) is 29.1 Å². The molecule has 0 spiro atoms. The van der Waals surface area contributed by atoms with Crippen LogP contribution in [0, 0.1) is 55.4 Å². The first-order valence-corrected chi connectivity index (χ1v) is 44.1. The maximum atomic E-state index is 4.89. The van der Waals surface area contributed by atoms with E-state index >= 15 is 0 Å². The molecule has 0 atom stereocenters. The molecule has 21 rings (SSSR count). The summed E-state index contributed by atoms with van der Waals surface area (Å²) in [6.45, 7) is 16.0. The molecule has 0 saturated heterocycles. The average molecular weight is 1740 g/mol. The Bertz CT molecular complexity index is 6840. The van der Waals surface area contributed by atoms with Gasteiger partial charge in [-0.1, -0.05) is 394 Å². The van der Waals surface area contributed by atoms with E-state index in [2.05, 4.69) is 145 Å². The smallest absolute Gasteiger partial charge is 0.160 e. The second kappa shape index (κ2) is 48.6. The number of benzene rings is 13. The van der Waals surface area contributed by atoms with Crippen LogP contribution in [0.4, 0.5) is 0 Å². The first-order valence-electron chi connectivity index (χ1n) is 44.1. The third-order valence-corrected chi connectivity index (χ3v) is 21.0. The van der Waals surface area contributed by atoms with Crippen LogP contribution in [0.25, 0.3) is 147 Å². The van der Waals surface area contributed by atoms with E-state index in [1.54, 1.807) is 12.5 Å². The Morgan fingerprint density at radius 2 is 0.507 bits per heavy atom. The average Bonchev–Trinajstić information content (AvgIpc) is 0.782. The summed E-state index contributed by atoms with van der Waals surface area (Å²) in [4.78, 5) is 70.7. The van der Waals surface area contributed by atoms with Crippen LogP contribution >= 0.6 is 0 Å². The van der Waals surface area contributed by atoms with Crippen LogP contribution < -0.4 is 0 Å². The maximum absolute atomic E-state index is 4.89. The number of aryl methyl sites for hydroxylation is 7. The zero-order valence-electron chi connectivity index (χ0n) is 76.0. The highest BCUT2D eigenvalue weighted by Crippen LogP contribution is 2.34.